The molecule has 1 heterocycles. The molecule has 0 spiro atoms. The molecule has 0 aliphatic carbocycles. The fourth-order valence-electron chi connectivity index (χ4n) is 2.47. The number of halogens is 3. The van der Waals surface area contributed by atoms with Gasteiger partial charge in [-0.3, -0.25) is 14.2 Å². The minimum atomic E-state index is -0.329. The number of nitrogens with zero attached hydrogens (tertiary/aromatic N) is 1. The van der Waals surface area contributed by atoms with E-state index in [-0.39, 0.29) is 34.7 Å². The monoisotopic (exact) mass is 394 g/mol. The quantitative estimate of drug-likeness (QED) is 0.579. The van der Waals surface area contributed by atoms with Crippen molar-refractivity contribution in [2.24, 2.45) is 0 Å². The standard InChI is InChI=1S/C18H13Cl3N2O2/c19-12-9-14(21)15(10-13(12)20)22-17(24)5-6-18(25)23-8-7-11-3-1-2-4-16(11)23/h1-4,7-10H,5-6H2,(H,22,24). The zero-order valence-corrected chi connectivity index (χ0v) is 15.2. The molecule has 7 heteroatoms. The van der Waals surface area contributed by atoms with Crippen LogP contribution in [-0.2, 0) is 4.79 Å². The molecule has 0 saturated carbocycles. The molecule has 1 N–H and O–H groups in total. The maximum absolute atomic E-state index is 12.4. The molecule has 1 aromatic heterocycles. The summed E-state index contributed by atoms with van der Waals surface area (Å²) in [5.74, 6) is -0.485. The number of rotatable bonds is 4. The van der Waals surface area contributed by atoms with Crippen molar-refractivity contribution in [3.05, 3.63) is 63.7 Å². The first kappa shape index (κ1) is 17.8. The zero-order valence-electron chi connectivity index (χ0n) is 12.9. The van der Waals surface area contributed by atoms with E-state index in [1.807, 2.05) is 30.3 Å². The number of para-hydroxylation sites is 1. The summed E-state index contributed by atoms with van der Waals surface area (Å²) in [6, 6.07) is 12.4. The number of carbonyl (C=O) groups is 2. The number of aromatic nitrogens is 1. The van der Waals surface area contributed by atoms with Gasteiger partial charge in [0, 0.05) is 24.4 Å². The number of carbonyl (C=O) groups excluding carboxylic acids is 2. The fourth-order valence-corrected chi connectivity index (χ4v) is 3.07. The Morgan fingerprint density at radius 1 is 0.920 bits per heavy atom. The second kappa shape index (κ2) is 7.48. The molecule has 128 valence electrons. The first-order valence-electron chi connectivity index (χ1n) is 7.49. The lowest BCUT2D eigenvalue weighted by molar-refractivity contribution is -0.116. The lowest BCUT2D eigenvalue weighted by Gasteiger charge is -2.09. The fraction of sp³-hybridized carbons (Fsp3) is 0.111. The van der Waals surface area contributed by atoms with Crippen LogP contribution in [0.2, 0.25) is 15.1 Å². The van der Waals surface area contributed by atoms with Gasteiger partial charge in [-0.25, -0.2) is 0 Å². The number of benzene rings is 2. The van der Waals surface area contributed by atoms with Crippen LogP contribution in [0.3, 0.4) is 0 Å². The third kappa shape index (κ3) is 3.98. The molecule has 3 rings (SSSR count). The van der Waals surface area contributed by atoms with Crippen LogP contribution >= 0.6 is 34.8 Å². The molecule has 0 radical (unpaired) electrons. The van der Waals surface area contributed by atoms with Gasteiger partial charge in [-0.1, -0.05) is 53.0 Å². The van der Waals surface area contributed by atoms with Crippen molar-refractivity contribution in [1.29, 1.82) is 0 Å². The molecule has 0 aliphatic heterocycles. The first-order chi connectivity index (χ1) is 12.0. The highest BCUT2D eigenvalue weighted by Gasteiger charge is 2.13. The summed E-state index contributed by atoms with van der Waals surface area (Å²) in [7, 11) is 0. The lowest BCUT2D eigenvalue weighted by Crippen LogP contribution is -2.16. The van der Waals surface area contributed by atoms with E-state index in [0.717, 1.165) is 10.9 Å². The van der Waals surface area contributed by atoms with Crippen LogP contribution < -0.4 is 5.32 Å². The topological polar surface area (TPSA) is 51.1 Å². The number of fused-ring (bicyclic) bond motifs is 1. The third-order valence-corrected chi connectivity index (χ3v) is 4.75. The van der Waals surface area contributed by atoms with Crippen LogP contribution in [0.15, 0.2) is 48.7 Å². The summed E-state index contributed by atoms with van der Waals surface area (Å²) >= 11 is 17.8. The minimum Gasteiger partial charge on any atom is -0.325 e. The summed E-state index contributed by atoms with van der Waals surface area (Å²) in [6.45, 7) is 0. The maximum atomic E-state index is 12.4. The van der Waals surface area contributed by atoms with Crippen molar-refractivity contribution in [2.45, 2.75) is 12.8 Å². The number of nitrogens with one attached hydrogen (secondary N) is 1. The largest absolute Gasteiger partial charge is 0.325 e. The van der Waals surface area contributed by atoms with Gasteiger partial charge < -0.3 is 5.32 Å². The maximum Gasteiger partial charge on any atom is 0.231 e. The summed E-state index contributed by atoms with van der Waals surface area (Å²) < 4.78 is 1.55. The van der Waals surface area contributed by atoms with Crippen LogP contribution in [0, 0.1) is 0 Å². The highest BCUT2D eigenvalue weighted by atomic mass is 35.5. The highest BCUT2D eigenvalue weighted by Crippen LogP contribution is 2.32. The van der Waals surface area contributed by atoms with Gasteiger partial charge in [0.15, 0.2) is 0 Å². The van der Waals surface area contributed by atoms with Gasteiger partial charge in [0.1, 0.15) is 0 Å². The number of amides is 1. The minimum absolute atomic E-state index is 0.0297. The zero-order chi connectivity index (χ0) is 18.0. The summed E-state index contributed by atoms with van der Waals surface area (Å²) in [4.78, 5) is 24.5. The van der Waals surface area contributed by atoms with Crippen LogP contribution in [0.5, 0.6) is 0 Å². The van der Waals surface area contributed by atoms with E-state index in [0.29, 0.717) is 10.7 Å². The molecule has 0 unspecified atom stereocenters. The van der Waals surface area contributed by atoms with Crippen molar-refractivity contribution >= 4 is 63.2 Å². The molecule has 0 fully saturated rings. The SMILES string of the molecule is O=C(CCC(=O)n1ccc2ccccc21)Nc1cc(Cl)c(Cl)cc1Cl. The third-order valence-electron chi connectivity index (χ3n) is 3.72. The Labute approximate surface area is 159 Å². The molecular weight excluding hydrogens is 383 g/mol. The van der Waals surface area contributed by atoms with Gasteiger partial charge in [0.05, 0.1) is 26.3 Å². The van der Waals surface area contributed by atoms with Crippen molar-refractivity contribution in [3.8, 4) is 0 Å². The number of anilines is 1. The highest BCUT2D eigenvalue weighted by molar-refractivity contribution is 6.44. The van der Waals surface area contributed by atoms with E-state index in [1.54, 1.807) is 10.8 Å². The van der Waals surface area contributed by atoms with Gasteiger partial charge in [0.2, 0.25) is 11.8 Å². The average Bonchev–Trinajstić information content (AvgIpc) is 3.02. The Hall–Kier alpha value is -2.01. The van der Waals surface area contributed by atoms with Crippen LogP contribution in [-0.4, -0.2) is 16.4 Å². The lowest BCUT2D eigenvalue weighted by atomic mass is 10.2. The van der Waals surface area contributed by atoms with Gasteiger partial charge in [-0.2, -0.15) is 0 Å². The molecule has 1 amide bonds. The Balaban J connectivity index is 1.64. The van der Waals surface area contributed by atoms with Crippen molar-refractivity contribution < 1.29 is 9.59 Å². The summed E-state index contributed by atoms with van der Waals surface area (Å²) in [6.07, 6.45) is 1.81. The Morgan fingerprint density at radius 2 is 1.64 bits per heavy atom. The van der Waals surface area contributed by atoms with E-state index in [2.05, 4.69) is 5.32 Å². The second-order valence-corrected chi connectivity index (χ2v) is 6.65. The van der Waals surface area contributed by atoms with Gasteiger partial charge in [-0.15, -0.1) is 0 Å². The second-order valence-electron chi connectivity index (χ2n) is 5.43. The van der Waals surface area contributed by atoms with Gasteiger partial charge in [0.25, 0.3) is 0 Å². The Kier molecular flexibility index (Phi) is 5.33. The molecule has 25 heavy (non-hydrogen) atoms. The van der Waals surface area contributed by atoms with Gasteiger partial charge in [-0.05, 0) is 24.3 Å². The molecule has 4 nitrogen and oxygen atoms in total. The van der Waals surface area contributed by atoms with Crippen LogP contribution in [0.4, 0.5) is 5.69 Å². The average molecular weight is 396 g/mol. The molecule has 0 bridgehead atoms. The predicted molar refractivity (Wildman–Crippen MR) is 102 cm³/mol. The number of hydrogen-bond donors (Lipinski definition) is 1. The van der Waals surface area contributed by atoms with Crippen LogP contribution in [0.1, 0.15) is 17.6 Å². The molecule has 0 saturated heterocycles. The summed E-state index contributed by atoms with van der Waals surface area (Å²) in [5, 5.41) is 4.49. The van der Waals surface area contributed by atoms with E-state index >= 15 is 0 Å². The van der Waals surface area contributed by atoms with E-state index in [1.165, 1.54) is 12.1 Å². The van der Waals surface area contributed by atoms with Crippen LogP contribution in [0.25, 0.3) is 10.9 Å². The Morgan fingerprint density at radius 3 is 2.44 bits per heavy atom. The van der Waals surface area contributed by atoms with Crippen molar-refractivity contribution in [2.75, 3.05) is 5.32 Å². The smallest absolute Gasteiger partial charge is 0.231 e. The summed E-state index contributed by atoms with van der Waals surface area (Å²) in [5.41, 5.74) is 1.18. The normalized spacial score (nSPS) is 10.8. The van der Waals surface area contributed by atoms with Gasteiger partial charge >= 0.3 is 0 Å². The molecule has 2 aromatic carbocycles. The Bertz CT molecular complexity index is 966. The molecule has 0 aliphatic rings. The van der Waals surface area contributed by atoms with Crippen molar-refractivity contribution in [1.82, 2.24) is 4.57 Å². The molecular formula is C18H13Cl3N2O2. The van der Waals surface area contributed by atoms with E-state index in [4.69, 9.17) is 34.8 Å². The first-order valence-corrected chi connectivity index (χ1v) is 8.63. The van der Waals surface area contributed by atoms with E-state index < -0.39 is 0 Å². The molecule has 3 aromatic rings. The predicted octanol–water partition coefficient (Wildman–Crippen LogP) is 5.66. The number of hydrogen-bond acceptors (Lipinski definition) is 2. The molecule has 0 atom stereocenters. The van der Waals surface area contributed by atoms with E-state index in [9.17, 15) is 9.59 Å². The van der Waals surface area contributed by atoms with Crippen molar-refractivity contribution in [3.63, 3.8) is 0 Å².